The molecule has 86 valence electrons. The van der Waals surface area contributed by atoms with Gasteiger partial charge in [-0.05, 0) is 36.4 Å². The van der Waals surface area contributed by atoms with E-state index in [1.54, 1.807) is 36.4 Å². The van der Waals surface area contributed by atoms with Gasteiger partial charge in [0.1, 0.15) is 0 Å². The number of allylic oxidation sites excluding steroid dienone is 1. The maximum Gasteiger partial charge on any atom is 0.221 e. The van der Waals surface area contributed by atoms with Gasteiger partial charge in [-0.15, -0.1) is 0 Å². The summed E-state index contributed by atoms with van der Waals surface area (Å²) in [6.45, 7) is 0. The Morgan fingerprint density at radius 1 is 1.12 bits per heavy atom. The van der Waals surface area contributed by atoms with Crippen LogP contribution < -0.4 is 0 Å². The highest BCUT2D eigenvalue weighted by Gasteiger charge is 2.06. The van der Waals surface area contributed by atoms with Crippen LogP contribution in [-0.4, -0.2) is 5.78 Å². The van der Waals surface area contributed by atoms with E-state index < -0.39 is 0 Å². The Hall–Kier alpha value is -1.51. The first-order valence-electron chi connectivity index (χ1n) is 4.88. The summed E-state index contributed by atoms with van der Waals surface area (Å²) in [4.78, 5) is 11.6. The van der Waals surface area contributed by atoms with Crippen molar-refractivity contribution >= 4 is 35.1 Å². The van der Waals surface area contributed by atoms with Gasteiger partial charge >= 0.3 is 0 Å². The van der Waals surface area contributed by atoms with Crippen LogP contribution in [0.25, 0.3) is 6.08 Å². The van der Waals surface area contributed by atoms with Gasteiger partial charge < -0.3 is 4.42 Å². The number of halogens is 2. The molecule has 0 atom stereocenters. The standard InChI is InChI=1S/C13H8Cl2O2/c14-10-3-1-4-11(15)9(10)6-7-12(16)13-5-2-8-17-13/h1-8H/b7-6+. The third-order valence-electron chi connectivity index (χ3n) is 2.17. The van der Waals surface area contributed by atoms with Crippen LogP contribution >= 0.6 is 23.2 Å². The largest absolute Gasteiger partial charge is 0.461 e. The predicted octanol–water partition coefficient (Wildman–Crippen LogP) is 4.48. The molecule has 0 unspecified atom stereocenters. The number of hydrogen-bond donors (Lipinski definition) is 0. The van der Waals surface area contributed by atoms with Crippen molar-refractivity contribution in [2.45, 2.75) is 0 Å². The Bertz CT molecular complexity index is 537. The van der Waals surface area contributed by atoms with E-state index in [0.29, 0.717) is 15.6 Å². The fourth-order valence-corrected chi connectivity index (χ4v) is 1.85. The fraction of sp³-hybridized carbons (Fsp3) is 0. The van der Waals surface area contributed by atoms with Crippen molar-refractivity contribution in [3.05, 3.63) is 64.0 Å². The third kappa shape index (κ3) is 2.78. The smallest absolute Gasteiger partial charge is 0.221 e. The van der Waals surface area contributed by atoms with Crippen LogP contribution in [-0.2, 0) is 0 Å². The number of carbonyl (C=O) groups is 1. The highest BCUT2D eigenvalue weighted by molar-refractivity contribution is 6.37. The normalized spacial score (nSPS) is 10.9. The number of ketones is 1. The quantitative estimate of drug-likeness (QED) is 0.606. The summed E-state index contributed by atoms with van der Waals surface area (Å²) in [6.07, 6.45) is 4.41. The van der Waals surface area contributed by atoms with E-state index in [0.717, 1.165) is 0 Å². The minimum atomic E-state index is -0.231. The van der Waals surface area contributed by atoms with E-state index in [1.807, 2.05) is 0 Å². The highest BCUT2D eigenvalue weighted by Crippen LogP contribution is 2.25. The van der Waals surface area contributed by atoms with Crippen LogP contribution in [0.4, 0.5) is 0 Å². The van der Waals surface area contributed by atoms with Gasteiger partial charge in [-0.3, -0.25) is 4.79 Å². The highest BCUT2D eigenvalue weighted by atomic mass is 35.5. The minimum absolute atomic E-state index is 0.231. The van der Waals surface area contributed by atoms with E-state index in [1.165, 1.54) is 12.3 Å². The second kappa shape index (κ2) is 5.21. The van der Waals surface area contributed by atoms with E-state index in [-0.39, 0.29) is 11.5 Å². The molecule has 0 spiro atoms. The van der Waals surface area contributed by atoms with Crippen molar-refractivity contribution in [1.82, 2.24) is 0 Å². The summed E-state index contributed by atoms with van der Waals surface area (Å²) in [5.74, 6) is 0.0513. The van der Waals surface area contributed by atoms with Gasteiger partial charge in [-0.2, -0.15) is 0 Å². The summed E-state index contributed by atoms with van der Waals surface area (Å²) >= 11 is 11.9. The predicted molar refractivity (Wildman–Crippen MR) is 68.5 cm³/mol. The molecule has 2 aromatic rings. The number of rotatable bonds is 3. The van der Waals surface area contributed by atoms with E-state index in [9.17, 15) is 4.79 Å². The van der Waals surface area contributed by atoms with Gasteiger partial charge in [0.2, 0.25) is 5.78 Å². The molecule has 17 heavy (non-hydrogen) atoms. The first-order valence-corrected chi connectivity index (χ1v) is 5.64. The topological polar surface area (TPSA) is 30.2 Å². The number of hydrogen-bond acceptors (Lipinski definition) is 2. The molecule has 1 aromatic carbocycles. The molecular weight excluding hydrogens is 259 g/mol. The molecular formula is C13H8Cl2O2. The van der Waals surface area contributed by atoms with E-state index in [2.05, 4.69) is 0 Å². The molecule has 1 heterocycles. The average Bonchev–Trinajstić information content (AvgIpc) is 2.81. The van der Waals surface area contributed by atoms with E-state index in [4.69, 9.17) is 27.6 Å². The molecule has 0 aliphatic rings. The zero-order valence-electron chi connectivity index (χ0n) is 8.69. The molecule has 0 radical (unpaired) electrons. The van der Waals surface area contributed by atoms with Gasteiger partial charge in [-0.25, -0.2) is 0 Å². The third-order valence-corrected chi connectivity index (χ3v) is 2.82. The summed E-state index contributed by atoms with van der Waals surface area (Å²) in [5.41, 5.74) is 0.621. The molecule has 0 aliphatic heterocycles. The van der Waals surface area contributed by atoms with Crippen LogP contribution in [0.3, 0.4) is 0 Å². The molecule has 0 amide bonds. The molecule has 0 saturated heterocycles. The van der Waals surface area contributed by atoms with E-state index >= 15 is 0 Å². The second-order valence-corrected chi connectivity index (χ2v) is 4.12. The molecule has 0 aliphatic carbocycles. The van der Waals surface area contributed by atoms with Crippen LogP contribution in [0.15, 0.2) is 47.1 Å². The van der Waals surface area contributed by atoms with Crippen molar-refractivity contribution in [2.24, 2.45) is 0 Å². The zero-order chi connectivity index (χ0) is 12.3. The lowest BCUT2D eigenvalue weighted by Crippen LogP contribution is -1.90. The average molecular weight is 267 g/mol. The summed E-state index contributed by atoms with van der Waals surface area (Å²) in [6, 6.07) is 8.43. The van der Waals surface area contributed by atoms with Crippen molar-refractivity contribution in [2.75, 3.05) is 0 Å². The Morgan fingerprint density at radius 2 is 1.82 bits per heavy atom. The van der Waals surface area contributed by atoms with Crippen LogP contribution in [0, 0.1) is 0 Å². The summed E-state index contributed by atoms with van der Waals surface area (Å²) in [5, 5.41) is 1.00. The molecule has 1 aromatic heterocycles. The van der Waals surface area contributed by atoms with Crippen LogP contribution in [0.1, 0.15) is 16.1 Å². The Labute approximate surface area is 108 Å². The van der Waals surface area contributed by atoms with Gasteiger partial charge in [0, 0.05) is 15.6 Å². The van der Waals surface area contributed by atoms with Crippen LogP contribution in [0.2, 0.25) is 10.0 Å². The van der Waals surface area contributed by atoms with Crippen molar-refractivity contribution in [1.29, 1.82) is 0 Å². The second-order valence-electron chi connectivity index (χ2n) is 3.31. The number of furan rings is 1. The lowest BCUT2D eigenvalue weighted by atomic mass is 10.2. The van der Waals surface area contributed by atoms with Crippen LogP contribution in [0.5, 0.6) is 0 Å². The molecule has 4 heteroatoms. The summed E-state index contributed by atoms with van der Waals surface area (Å²) < 4.78 is 4.98. The fourth-order valence-electron chi connectivity index (χ4n) is 1.33. The Morgan fingerprint density at radius 3 is 2.41 bits per heavy atom. The van der Waals surface area contributed by atoms with Gasteiger partial charge in [0.25, 0.3) is 0 Å². The van der Waals surface area contributed by atoms with Gasteiger partial charge in [0.05, 0.1) is 6.26 Å². The maximum atomic E-state index is 11.6. The molecule has 2 nitrogen and oxygen atoms in total. The first-order chi connectivity index (χ1) is 8.18. The van der Waals surface area contributed by atoms with Gasteiger partial charge in [0.15, 0.2) is 5.76 Å². The first kappa shape index (κ1) is 12.0. The number of benzene rings is 1. The molecule has 2 rings (SSSR count). The number of carbonyl (C=O) groups excluding carboxylic acids is 1. The Kier molecular flexibility index (Phi) is 3.67. The van der Waals surface area contributed by atoms with Crippen molar-refractivity contribution in [3.8, 4) is 0 Å². The molecule has 0 fully saturated rings. The minimum Gasteiger partial charge on any atom is -0.461 e. The lowest BCUT2D eigenvalue weighted by Gasteiger charge is -1.99. The van der Waals surface area contributed by atoms with Gasteiger partial charge in [-0.1, -0.05) is 29.3 Å². The summed E-state index contributed by atoms with van der Waals surface area (Å²) in [7, 11) is 0. The lowest BCUT2D eigenvalue weighted by molar-refractivity contribution is 0.102. The molecule has 0 bridgehead atoms. The molecule has 0 saturated carbocycles. The monoisotopic (exact) mass is 266 g/mol. The maximum absolute atomic E-state index is 11.6. The molecule has 0 N–H and O–H groups in total. The Balaban J connectivity index is 2.24. The SMILES string of the molecule is O=C(/C=C/c1c(Cl)cccc1Cl)c1ccco1. The van der Waals surface area contributed by atoms with Crippen molar-refractivity contribution < 1.29 is 9.21 Å². The van der Waals surface area contributed by atoms with Crippen molar-refractivity contribution in [3.63, 3.8) is 0 Å². The zero-order valence-corrected chi connectivity index (χ0v) is 10.2.